The number of nitrogens with zero attached hydrogens (tertiary/aromatic N) is 1. The van der Waals surface area contributed by atoms with Crippen LogP contribution in [0.3, 0.4) is 0 Å². The smallest absolute Gasteiger partial charge is 0.240 e. The summed E-state index contributed by atoms with van der Waals surface area (Å²) < 4.78 is 0. The van der Waals surface area contributed by atoms with Crippen LogP contribution >= 0.6 is 0 Å². The highest BCUT2D eigenvalue weighted by Crippen LogP contribution is 2.25. The monoisotopic (exact) mass is 416 g/mol. The number of nitrogens with one attached hydrogen (secondary N) is 1. The first-order valence-corrected chi connectivity index (χ1v) is 9.75. The molecule has 0 unspecified atom stereocenters. The number of hydrogen-bond acceptors (Lipinski definition) is 5. The summed E-state index contributed by atoms with van der Waals surface area (Å²) in [4.78, 5) is 25.5. The Morgan fingerprint density at radius 2 is 1.52 bits per heavy atom. The largest absolute Gasteiger partial charge is 0.411 e. The van der Waals surface area contributed by atoms with Crippen LogP contribution in [-0.2, 0) is 16.0 Å². The van der Waals surface area contributed by atoms with Crippen LogP contribution in [0.15, 0.2) is 84.0 Å². The molecule has 158 valence electrons. The van der Waals surface area contributed by atoms with E-state index in [4.69, 9.17) is 16.7 Å². The van der Waals surface area contributed by atoms with Crippen molar-refractivity contribution in [1.29, 1.82) is 0 Å². The van der Waals surface area contributed by atoms with Crippen molar-refractivity contribution in [1.82, 2.24) is 5.32 Å². The zero-order chi connectivity index (χ0) is 22.2. The second-order valence-electron chi connectivity index (χ2n) is 7.09. The summed E-state index contributed by atoms with van der Waals surface area (Å²) in [5.74, 6) is -1.63. The normalized spacial score (nSPS) is 12.0. The van der Waals surface area contributed by atoms with Crippen molar-refractivity contribution in [3.63, 3.8) is 0 Å². The summed E-state index contributed by atoms with van der Waals surface area (Å²) >= 11 is 0. The number of hydrogen-bond donors (Lipinski definition) is 4. The quantitative estimate of drug-likeness (QED) is 0.194. The van der Waals surface area contributed by atoms with E-state index in [0.717, 1.165) is 11.1 Å². The summed E-state index contributed by atoms with van der Waals surface area (Å²) in [6.45, 7) is 0. The number of oxime groups is 1. The second-order valence-corrected chi connectivity index (χ2v) is 7.09. The molecule has 0 saturated carbocycles. The summed E-state index contributed by atoms with van der Waals surface area (Å²) in [6.07, 6.45) is 1.30. The third-order valence-electron chi connectivity index (χ3n) is 5.03. The van der Waals surface area contributed by atoms with Gasteiger partial charge in [0.25, 0.3) is 0 Å². The fourth-order valence-corrected chi connectivity index (χ4v) is 3.51. The Hall–Kier alpha value is -4.13. The molecule has 1 atom stereocenters. The van der Waals surface area contributed by atoms with E-state index in [0.29, 0.717) is 16.8 Å². The predicted octanol–water partition coefficient (Wildman–Crippen LogP) is 2.42. The topological polar surface area (TPSA) is 131 Å². The van der Waals surface area contributed by atoms with E-state index in [9.17, 15) is 9.59 Å². The molecule has 7 nitrogen and oxygen atoms in total. The van der Waals surface area contributed by atoms with Gasteiger partial charge in [0.1, 0.15) is 6.04 Å². The van der Waals surface area contributed by atoms with Gasteiger partial charge in [-0.15, -0.1) is 0 Å². The molecule has 0 spiro atoms. The Bertz CT molecular complexity index is 1030. The van der Waals surface area contributed by atoms with E-state index < -0.39 is 17.9 Å². The Labute approximate surface area is 180 Å². The van der Waals surface area contributed by atoms with Crippen molar-refractivity contribution in [2.24, 2.45) is 10.9 Å². The number of nitrogens with two attached hydrogens (primary N) is 2. The lowest BCUT2D eigenvalue weighted by molar-refractivity contribution is -0.127. The highest BCUT2D eigenvalue weighted by atomic mass is 16.4. The average molecular weight is 416 g/mol. The van der Waals surface area contributed by atoms with Crippen molar-refractivity contribution in [3.8, 4) is 0 Å². The van der Waals surface area contributed by atoms with Gasteiger partial charge >= 0.3 is 0 Å². The highest BCUT2D eigenvalue weighted by Gasteiger charge is 2.27. The Kier molecular flexibility index (Phi) is 7.01. The first kappa shape index (κ1) is 21.6. The van der Waals surface area contributed by atoms with Crippen LogP contribution < -0.4 is 16.8 Å². The molecule has 0 aromatic heterocycles. The fraction of sp³-hybridized carbons (Fsp3) is 0.125. The van der Waals surface area contributed by atoms with Crippen molar-refractivity contribution in [3.05, 3.63) is 101 Å². The molecule has 0 aliphatic rings. The van der Waals surface area contributed by atoms with Gasteiger partial charge in [-0.25, -0.2) is 0 Å². The molecule has 3 aromatic carbocycles. The number of carbonyl (C=O) groups excluding carboxylic acids is 2. The van der Waals surface area contributed by atoms with Crippen LogP contribution in [0.4, 0.5) is 5.69 Å². The molecule has 0 radical (unpaired) electrons. The number of benzene rings is 3. The summed E-state index contributed by atoms with van der Waals surface area (Å²) in [6, 6.07) is 22.8. The van der Waals surface area contributed by atoms with Gasteiger partial charge in [0.2, 0.25) is 11.8 Å². The van der Waals surface area contributed by atoms with Gasteiger partial charge in [0.15, 0.2) is 0 Å². The van der Waals surface area contributed by atoms with Gasteiger partial charge in [-0.1, -0.05) is 78.0 Å². The zero-order valence-corrected chi connectivity index (χ0v) is 16.8. The van der Waals surface area contributed by atoms with Gasteiger partial charge in [0, 0.05) is 17.7 Å². The van der Waals surface area contributed by atoms with Gasteiger partial charge in [-0.3, -0.25) is 9.59 Å². The Balaban J connectivity index is 1.91. The van der Waals surface area contributed by atoms with Crippen molar-refractivity contribution >= 4 is 23.7 Å². The van der Waals surface area contributed by atoms with Crippen LogP contribution in [0.2, 0.25) is 0 Å². The van der Waals surface area contributed by atoms with E-state index in [-0.39, 0.29) is 12.3 Å². The molecule has 0 aliphatic heterocycles. The predicted molar refractivity (Wildman–Crippen MR) is 120 cm³/mol. The van der Waals surface area contributed by atoms with Crippen LogP contribution in [0.25, 0.3) is 0 Å². The minimum Gasteiger partial charge on any atom is -0.411 e. The second kappa shape index (κ2) is 10.1. The fourth-order valence-electron chi connectivity index (χ4n) is 3.51. The maximum Gasteiger partial charge on any atom is 0.240 e. The number of rotatable bonds is 8. The van der Waals surface area contributed by atoms with Crippen molar-refractivity contribution < 1.29 is 14.8 Å². The molecule has 6 N–H and O–H groups in total. The number of carbonyl (C=O) groups is 2. The first-order chi connectivity index (χ1) is 15.0. The number of amides is 2. The molecule has 3 rings (SSSR count). The molecule has 2 amide bonds. The standard InChI is InChI=1S/C24H24N4O3/c25-20-13-7-12-18(19(20)15-27-31)14-21(23(26)29)28-24(30)22(16-8-3-1-4-9-16)17-10-5-2-6-11-17/h1-13,15,21-22,31H,14,25H2,(H2,26,29)(H,28,30)/t21-/m0/s1. The summed E-state index contributed by atoms with van der Waals surface area (Å²) in [5.41, 5.74) is 14.6. The number of nitrogen functional groups attached to an aromatic ring is 1. The van der Waals surface area contributed by atoms with E-state index in [1.54, 1.807) is 18.2 Å². The van der Waals surface area contributed by atoms with Crippen LogP contribution in [-0.4, -0.2) is 29.3 Å². The first-order valence-electron chi connectivity index (χ1n) is 9.75. The van der Waals surface area contributed by atoms with E-state index in [2.05, 4.69) is 10.5 Å². The van der Waals surface area contributed by atoms with Gasteiger partial charge in [-0.05, 0) is 22.8 Å². The molecular weight excluding hydrogens is 392 g/mol. The number of primary amides is 1. The maximum absolute atomic E-state index is 13.3. The third-order valence-corrected chi connectivity index (χ3v) is 5.03. The Morgan fingerprint density at radius 1 is 0.935 bits per heavy atom. The van der Waals surface area contributed by atoms with E-state index >= 15 is 0 Å². The minimum atomic E-state index is -0.977. The lowest BCUT2D eigenvalue weighted by atomic mass is 9.90. The molecule has 0 aliphatic carbocycles. The minimum absolute atomic E-state index is 0.101. The molecule has 0 heterocycles. The molecular formula is C24H24N4O3. The molecule has 0 saturated heterocycles. The summed E-state index contributed by atoms with van der Waals surface area (Å²) in [7, 11) is 0. The lowest BCUT2D eigenvalue weighted by Gasteiger charge is -2.22. The van der Waals surface area contributed by atoms with Gasteiger partial charge < -0.3 is 22.0 Å². The van der Waals surface area contributed by atoms with Gasteiger partial charge in [0.05, 0.1) is 12.1 Å². The number of anilines is 1. The third kappa shape index (κ3) is 5.27. The highest BCUT2D eigenvalue weighted by molar-refractivity contribution is 5.93. The van der Waals surface area contributed by atoms with E-state index in [1.165, 1.54) is 6.21 Å². The van der Waals surface area contributed by atoms with Gasteiger partial charge in [-0.2, -0.15) is 0 Å². The van der Waals surface area contributed by atoms with Crippen molar-refractivity contribution in [2.45, 2.75) is 18.4 Å². The molecule has 0 bridgehead atoms. The molecule has 7 heteroatoms. The SMILES string of the molecule is NC(=O)[C@H](Cc1cccc(N)c1C=NO)NC(=O)C(c1ccccc1)c1ccccc1. The Morgan fingerprint density at radius 3 is 2.03 bits per heavy atom. The average Bonchev–Trinajstić information content (AvgIpc) is 2.77. The molecule has 31 heavy (non-hydrogen) atoms. The lowest BCUT2D eigenvalue weighted by Crippen LogP contribution is -2.47. The molecule has 0 fully saturated rings. The van der Waals surface area contributed by atoms with Crippen LogP contribution in [0, 0.1) is 0 Å². The maximum atomic E-state index is 13.3. The van der Waals surface area contributed by atoms with Crippen LogP contribution in [0.5, 0.6) is 0 Å². The zero-order valence-electron chi connectivity index (χ0n) is 16.8. The van der Waals surface area contributed by atoms with E-state index in [1.807, 2.05) is 60.7 Å². The molecule has 3 aromatic rings. The van der Waals surface area contributed by atoms with Crippen molar-refractivity contribution in [2.75, 3.05) is 5.73 Å². The van der Waals surface area contributed by atoms with Crippen LogP contribution in [0.1, 0.15) is 28.2 Å². The summed E-state index contributed by atoms with van der Waals surface area (Å²) in [5, 5.41) is 14.8.